The zero-order chi connectivity index (χ0) is 53.4. The van der Waals surface area contributed by atoms with Gasteiger partial charge in [0.25, 0.3) is 11.7 Å². The number of nitrogens with zero attached hydrogens (tertiary/aromatic N) is 2. The van der Waals surface area contributed by atoms with Gasteiger partial charge in [-0.2, -0.15) is 0 Å². The zero-order valence-electron chi connectivity index (χ0n) is 45.7. The summed E-state index contributed by atoms with van der Waals surface area (Å²) < 4.78 is 29.9. The number of anilines is 1. The number of hydrogen-bond acceptors (Lipinski definition) is 13. The first kappa shape index (κ1) is 59.9. The molecule has 14 heteroatoms. The number of carbonyl (C=O) groups is 4. The van der Waals surface area contributed by atoms with Gasteiger partial charge in [-0.3, -0.25) is 14.4 Å². The second-order valence-electron chi connectivity index (χ2n) is 22.0. The summed E-state index contributed by atoms with van der Waals surface area (Å²) in [6, 6.07) is 8.68. The standard InChI is InChI=1S/C59H90N2O12/c1-38-19-13-11-14-20-40(3)49(60(31-32-69-8)46-21-15-12-16-22-46)37-47-27-25-44(7)59(68,73-47)56(65)57(66)61-30-18-17-23-48(61)58(67)72-51(41(4)35-45-26-28-50(62)52(36-45)70-9)29-24-39(2)34-43(6)54(64)55(71-10)53(63)42(5)33-38/h11-16,19-22,34,38-39,41-42,44-45,47-52,54-55,62,64,68H,17-18,23-33,35-37H2,1-10H3/b14-11+,19-13+,40-20+,43-34+/t38-,39+,41-,42?,44?,45?,47?,48?,49-,50-,51+,52?,54?,55+,59?/m1/s1. The van der Waals surface area contributed by atoms with Crippen LogP contribution in [0.25, 0.3) is 0 Å². The molecule has 1 aromatic carbocycles. The molecular formula is C59H90N2O12. The highest BCUT2D eigenvalue weighted by Gasteiger charge is 2.53. The van der Waals surface area contributed by atoms with E-state index in [-0.39, 0.29) is 54.1 Å². The lowest BCUT2D eigenvalue weighted by Gasteiger charge is -2.44. The van der Waals surface area contributed by atoms with Crippen molar-refractivity contribution in [2.45, 2.75) is 186 Å². The molecule has 408 valence electrons. The maximum Gasteiger partial charge on any atom is 0.329 e. The SMILES string of the molecule is COCCN(c1ccccc1)[C@@H]1CC2CCC(C)C(O)(O2)C(=O)C(=O)N2CCCCC2C(=O)O[C@H]([C@H](C)CC2CC[C@@H](O)C(OC)C2)CC[C@H](C)/C=C(\C)C(O)[C@@H](OC)C(=O)C(C)C[C@H](C)/C=C/C=C/C=C/1C. The second kappa shape index (κ2) is 28.8. The summed E-state index contributed by atoms with van der Waals surface area (Å²) in [5.41, 5.74) is 2.57. The monoisotopic (exact) mass is 1020 g/mol. The van der Waals surface area contributed by atoms with Crippen molar-refractivity contribution < 1.29 is 58.2 Å². The number of piperidine rings is 1. The number of esters is 1. The Balaban J connectivity index is 1.52. The van der Waals surface area contributed by atoms with Crippen molar-refractivity contribution in [2.75, 3.05) is 45.9 Å². The summed E-state index contributed by atoms with van der Waals surface area (Å²) in [6.07, 6.45) is 15.0. The van der Waals surface area contributed by atoms with Gasteiger partial charge in [-0.1, -0.05) is 94.8 Å². The third-order valence-electron chi connectivity index (χ3n) is 16.3. The molecule has 3 N–H and O–H groups in total. The van der Waals surface area contributed by atoms with Gasteiger partial charge in [-0.15, -0.1) is 0 Å². The normalized spacial score (nSPS) is 37.2. The van der Waals surface area contributed by atoms with E-state index in [2.05, 4.69) is 24.8 Å². The molecule has 3 heterocycles. The predicted molar refractivity (Wildman–Crippen MR) is 283 cm³/mol. The maximum atomic E-state index is 14.6. The van der Waals surface area contributed by atoms with Crippen molar-refractivity contribution in [3.63, 3.8) is 0 Å². The summed E-state index contributed by atoms with van der Waals surface area (Å²) >= 11 is 0. The Morgan fingerprint density at radius 3 is 2.26 bits per heavy atom. The summed E-state index contributed by atoms with van der Waals surface area (Å²) in [6.45, 7) is 14.7. The molecule has 4 aliphatic rings. The second-order valence-corrected chi connectivity index (χ2v) is 22.0. The Morgan fingerprint density at radius 1 is 0.822 bits per heavy atom. The van der Waals surface area contributed by atoms with Crippen molar-refractivity contribution in [2.24, 2.45) is 35.5 Å². The highest BCUT2D eigenvalue weighted by atomic mass is 16.6. The van der Waals surface area contributed by atoms with Crippen LogP contribution in [-0.2, 0) is 42.9 Å². The van der Waals surface area contributed by atoms with E-state index in [1.165, 1.54) is 12.0 Å². The quantitative estimate of drug-likeness (QED) is 0.115. The summed E-state index contributed by atoms with van der Waals surface area (Å²) in [7, 11) is 4.72. The summed E-state index contributed by atoms with van der Waals surface area (Å²) in [5, 5.41) is 34.5. The van der Waals surface area contributed by atoms with E-state index in [9.17, 15) is 34.5 Å². The van der Waals surface area contributed by atoms with Crippen LogP contribution in [0, 0.1) is 35.5 Å². The van der Waals surface area contributed by atoms with Gasteiger partial charge in [0.1, 0.15) is 24.4 Å². The van der Waals surface area contributed by atoms with Crippen molar-refractivity contribution in [3.8, 4) is 0 Å². The molecule has 3 fully saturated rings. The number of aliphatic hydroxyl groups is 3. The lowest BCUT2D eigenvalue weighted by atomic mass is 9.78. The fraction of sp³-hybridized carbons (Fsp3) is 0.695. The van der Waals surface area contributed by atoms with Crippen LogP contribution in [0.4, 0.5) is 5.69 Å². The molecule has 0 aromatic heterocycles. The highest BCUT2D eigenvalue weighted by Crippen LogP contribution is 2.39. The molecule has 1 saturated carbocycles. The topological polar surface area (TPSA) is 182 Å². The number of carbonyl (C=O) groups excluding carboxylic acids is 4. The average Bonchev–Trinajstić information content (AvgIpc) is 3.38. The lowest BCUT2D eigenvalue weighted by Crippen LogP contribution is -2.61. The van der Waals surface area contributed by atoms with E-state index in [0.29, 0.717) is 95.8 Å². The molecule has 1 aromatic rings. The third kappa shape index (κ3) is 16.2. The van der Waals surface area contributed by atoms with Gasteiger partial charge in [0.15, 0.2) is 5.78 Å². The number of amides is 1. The average molecular weight is 1020 g/mol. The van der Waals surface area contributed by atoms with Gasteiger partial charge in [0.05, 0.1) is 31.0 Å². The number of Topliss-reactive ketones (excluding diaryl/α,β-unsaturated/α-hetero) is 2. The zero-order valence-corrected chi connectivity index (χ0v) is 45.7. The number of fused-ring (bicyclic) bond motifs is 3. The molecule has 1 aliphatic carbocycles. The number of benzene rings is 1. The van der Waals surface area contributed by atoms with Crippen LogP contribution in [0.15, 0.2) is 77.9 Å². The number of ketones is 2. The van der Waals surface area contributed by atoms with Crippen LogP contribution in [0.1, 0.15) is 132 Å². The molecule has 14 nitrogen and oxygen atoms in total. The van der Waals surface area contributed by atoms with Crippen molar-refractivity contribution >= 4 is 29.1 Å². The van der Waals surface area contributed by atoms with Crippen LogP contribution < -0.4 is 4.90 Å². The number of hydrogen-bond donors (Lipinski definition) is 3. The van der Waals surface area contributed by atoms with Gasteiger partial charge < -0.3 is 48.8 Å². The Kier molecular flexibility index (Phi) is 23.6. The first-order valence-corrected chi connectivity index (χ1v) is 27.2. The fourth-order valence-corrected chi connectivity index (χ4v) is 11.7. The van der Waals surface area contributed by atoms with E-state index in [0.717, 1.165) is 17.7 Å². The third-order valence-corrected chi connectivity index (χ3v) is 16.3. The molecule has 2 saturated heterocycles. The molecule has 2 bridgehead atoms. The Hall–Kier alpha value is -4.02. The number of methoxy groups -OCH3 is 3. The van der Waals surface area contributed by atoms with Crippen molar-refractivity contribution in [1.29, 1.82) is 0 Å². The summed E-state index contributed by atoms with van der Waals surface area (Å²) in [4.78, 5) is 61.2. The molecule has 3 aliphatic heterocycles. The van der Waals surface area contributed by atoms with E-state index in [1.54, 1.807) is 28.1 Å². The largest absolute Gasteiger partial charge is 0.461 e. The van der Waals surface area contributed by atoms with E-state index in [4.69, 9.17) is 23.7 Å². The number of cyclic esters (lactones) is 1. The number of rotatable bonds is 10. The van der Waals surface area contributed by atoms with Crippen molar-refractivity contribution in [3.05, 3.63) is 77.9 Å². The van der Waals surface area contributed by atoms with Gasteiger partial charge in [-0.25, -0.2) is 4.79 Å². The molecule has 15 atom stereocenters. The minimum atomic E-state index is -2.42. The van der Waals surface area contributed by atoms with Crippen LogP contribution in [-0.4, -0.2) is 139 Å². The first-order chi connectivity index (χ1) is 34.8. The number of ether oxygens (including phenoxy) is 5. The molecule has 0 spiro atoms. The minimum absolute atomic E-state index is 0.0434. The molecule has 73 heavy (non-hydrogen) atoms. The summed E-state index contributed by atoms with van der Waals surface area (Å²) in [5.74, 6) is -6.25. The Labute approximate surface area is 436 Å². The first-order valence-electron chi connectivity index (χ1n) is 27.2. The number of aliphatic hydroxyl groups excluding tert-OH is 2. The lowest BCUT2D eigenvalue weighted by molar-refractivity contribution is -0.263. The molecule has 5 rings (SSSR count). The maximum absolute atomic E-state index is 14.6. The fourth-order valence-electron chi connectivity index (χ4n) is 11.7. The van der Waals surface area contributed by atoms with Crippen LogP contribution in [0.2, 0.25) is 0 Å². The van der Waals surface area contributed by atoms with Crippen LogP contribution in [0.3, 0.4) is 0 Å². The van der Waals surface area contributed by atoms with Crippen LogP contribution in [0.5, 0.6) is 0 Å². The number of allylic oxidation sites excluding steroid dienone is 6. The molecule has 0 radical (unpaired) electrons. The number of para-hydroxylation sites is 1. The predicted octanol–water partition coefficient (Wildman–Crippen LogP) is 8.51. The molecular weight excluding hydrogens is 929 g/mol. The molecule has 8 unspecified atom stereocenters. The highest BCUT2D eigenvalue weighted by molar-refractivity contribution is 6.39. The van der Waals surface area contributed by atoms with Crippen LogP contribution >= 0.6 is 0 Å². The van der Waals surface area contributed by atoms with E-state index < -0.39 is 65.9 Å². The van der Waals surface area contributed by atoms with Gasteiger partial charge in [0, 0.05) is 51.9 Å². The van der Waals surface area contributed by atoms with Gasteiger partial charge in [0.2, 0.25) is 5.79 Å². The van der Waals surface area contributed by atoms with Gasteiger partial charge >= 0.3 is 5.97 Å². The van der Waals surface area contributed by atoms with E-state index >= 15 is 0 Å². The van der Waals surface area contributed by atoms with E-state index in [1.807, 2.05) is 81.5 Å². The Morgan fingerprint density at radius 2 is 1.56 bits per heavy atom. The van der Waals surface area contributed by atoms with Gasteiger partial charge in [-0.05, 0) is 139 Å². The van der Waals surface area contributed by atoms with Crippen molar-refractivity contribution in [1.82, 2.24) is 4.90 Å². The molecule has 1 amide bonds. The Bertz CT molecular complexity index is 2060. The smallest absolute Gasteiger partial charge is 0.329 e. The minimum Gasteiger partial charge on any atom is -0.461 e.